The van der Waals surface area contributed by atoms with Gasteiger partial charge in [-0.15, -0.1) is 0 Å². The standard InChI is InChI=1S/C13H22N4O/c1-3-11-12(14)15-8-16-13(11)17-6-4-10(5-7-17)9(2)18/h8-10,18H,3-7H2,1-2H3,(H2,14,15,16). The maximum Gasteiger partial charge on any atom is 0.137 e. The summed E-state index contributed by atoms with van der Waals surface area (Å²) in [6.45, 7) is 5.81. The summed E-state index contributed by atoms with van der Waals surface area (Å²) in [7, 11) is 0. The van der Waals surface area contributed by atoms with Gasteiger partial charge in [-0.3, -0.25) is 0 Å². The summed E-state index contributed by atoms with van der Waals surface area (Å²) in [5.74, 6) is 1.96. The molecule has 0 radical (unpaired) electrons. The van der Waals surface area contributed by atoms with Gasteiger partial charge >= 0.3 is 0 Å². The van der Waals surface area contributed by atoms with Gasteiger partial charge in [-0.2, -0.15) is 0 Å². The highest BCUT2D eigenvalue weighted by molar-refractivity contribution is 5.56. The number of anilines is 2. The molecular weight excluding hydrogens is 228 g/mol. The molecule has 1 unspecified atom stereocenters. The van der Waals surface area contributed by atoms with Gasteiger partial charge in [0.25, 0.3) is 0 Å². The smallest absolute Gasteiger partial charge is 0.137 e. The Morgan fingerprint density at radius 1 is 1.44 bits per heavy atom. The number of nitrogen functional groups attached to an aromatic ring is 1. The minimum Gasteiger partial charge on any atom is -0.393 e. The van der Waals surface area contributed by atoms with Crippen LogP contribution >= 0.6 is 0 Å². The fourth-order valence-electron chi connectivity index (χ4n) is 2.62. The van der Waals surface area contributed by atoms with Crippen molar-refractivity contribution in [2.24, 2.45) is 5.92 Å². The molecule has 0 spiro atoms. The van der Waals surface area contributed by atoms with Crippen LogP contribution < -0.4 is 10.6 Å². The number of aromatic nitrogens is 2. The van der Waals surface area contributed by atoms with Gasteiger partial charge in [-0.25, -0.2) is 9.97 Å². The Morgan fingerprint density at radius 3 is 2.67 bits per heavy atom. The quantitative estimate of drug-likeness (QED) is 0.843. The first-order chi connectivity index (χ1) is 8.63. The van der Waals surface area contributed by atoms with E-state index in [-0.39, 0.29) is 6.10 Å². The summed E-state index contributed by atoms with van der Waals surface area (Å²) < 4.78 is 0. The van der Waals surface area contributed by atoms with Crippen molar-refractivity contribution < 1.29 is 5.11 Å². The summed E-state index contributed by atoms with van der Waals surface area (Å²) in [6.07, 6.45) is 4.17. The molecule has 5 heteroatoms. The van der Waals surface area contributed by atoms with Gasteiger partial charge in [0.2, 0.25) is 0 Å². The third-order valence-electron chi connectivity index (χ3n) is 3.83. The Morgan fingerprint density at radius 2 is 2.11 bits per heavy atom. The Kier molecular flexibility index (Phi) is 4.01. The van der Waals surface area contributed by atoms with Crippen LogP contribution in [0.25, 0.3) is 0 Å². The number of rotatable bonds is 3. The zero-order chi connectivity index (χ0) is 13.1. The molecule has 5 nitrogen and oxygen atoms in total. The lowest BCUT2D eigenvalue weighted by atomic mass is 9.92. The molecule has 1 saturated heterocycles. The van der Waals surface area contributed by atoms with Crippen LogP contribution in [-0.4, -0.2) is 34.3 Å². The van der Waals surface area contributed by atoms with Crippen molar-refractivity contribution in [2.45, 2.75) is 39.2 Å². The molecule has 3 N–H and O–H groups in total. The molecule has 1 fully saturated rings. The minimum absolute atomic E-state index is 0.215. The van der Waals surface area contributed by atoms with E-state index < -0.39 is 0 Å². The van der Waals surface area contributed by atoms with Crippen LogP contribution in [0.2, 0.25) is 0 Å². The van der Waals surface area contributed by atoms with Crippen LogP contribution in [0.5, 0.6) is 0 Å². The molecule has 1 aromatic heterocycles. The Bertz CT molecular complexity index is 400. The van der Waals surface area contributed by atoms with Crippen LogP contribution in [0.15, 0.2) is 6.33 Å². The van der Waals surface area contributed by atoms with Gasteiger partial charge in [0.1, 0.15) is 18.0 Å². The van der Waals surface area contributed by atoms with Gasteiger partial charge < -0.3 is 15.7 Å². The average Bonchev–Trinajstić information content (AvgIpc) is 2.38. The van der Waals surface area contributed by atoms with E-state index in [1.807, 2.05) is 6.92 Å². The SMILES string of the molecule is CCc1c(N)ncnc1N1CCC(C(C)O)CC1. The van der Waals surface area contributed by atoms with Gasteiger partial charge in [0.05, 0.1) is 6.10 Å². The molecule has 0 aliphatic carbocycles. The van der Waals surface area contributed by atoms with Crippen LogP contribution in [-0.2, 0) is 6.42 Å². The molecule has 1 aliphatic rings. The molecule has 0 bridgehead atoms. The number of piperidine rings is 1. The van der Waals surface area contributed by atoms with Crippen LogP contribution in [0.4, 0.5) is 11.6 Å². The van der Waals surface area contributed by atoms with Crippen molar-refractivity contribution in [1.29, 1.82) is 0 Å². The van der Waals surface area contributed by atoms with E-state index >= 15 is 0 Å². The Balaban J connectivity index is 2.12. The van der Waals surface area contributed by atoms with Crippen molar-refractivity contribution in [3.05, 3.63) is 11.9 Å². The third-order valence-corrected chi connectivity index (χ3v) is 3.83. The van der Waals surface area contributed by atoms with E-state index in [0.717, 1.165) is 43.7 Å². The lowest BCUT2D eigenvalue weighted by Crippen LogP contribution is -2.38. The molecule has 2 rings (SSSR count). The van der Waals surface area contributed by atoms with Crippen molar-refractivity contribution in [3.63, 3.8) is 0 Å². The maximum absolute atomic E-state index is 9.61. The highest BCUT2D eigenvalue weighted by Crippen LogP contribution is 2.28. The van der Waals surface area contributed by atoms with Crippen molar-refractivity contribution in [3.8, 4) is 0 Å². The fourth-order valence-corrected chi connectivity index (χ4v) is 2.62. The van der Waals surface area contributed by atoms with E-state index in [0.29, 0.717) is 11.7 Å². The van der Waals surface area contributed by atoms with E-state index in [1.165, 1.54) is 6.33 Å². The monoisotopic (exact) mass is 250 g/mol. The van der Waals surface area contributed by atoms with Gasteiger partial charge in [0.15, 0.2) is 0 Å². The average molecular weight is 250 g/mol. The van der Waals surface area contributed by atoms with Gasteiger partial charge in [0, 0.05) is 18.7 Å². The molecule has 2 heterocycles. The summed E-state index contributed by atoms with van der Waals surface area (Å²) in [5.41, 5.74) is 6.93. The lowest BCUT2D eigenvalue weighted by Gasteiger charge is -2.34. The van der Waals surface area contributed by atoms with E-state index in [9.17, 15) is 5.11 Å². The summed E-state index contributed by atoms with van der Waals surface area (Å²) >= 11 is 0. The number of hydrogen-bond acceptors (Lipinski definition) is 5. The normalized spacial score (nSPS) is 18.9. The molecule has 1 aromatic rings. The first-order valence-corrected chi connectivity index (χ1v) is 6.65. The highest BCUT2D eigenvalue weighted by Gasteiger charge is 2.24. The van der Waals surface area contributed by atoms with Gasteiger partial charge in [-0.1, -0.05) is 6.92 Å². The molecule has 1 atom stereocenters. The molecule has 0 saturated carbocycles. The Labute approximate surface area is 108 Å². The van der Waals surface area contributed by atoms with Crippen molar-refractivity contribution >= 4 is 11.6 Å². The van der Waals surface area contributed by atoms with Crippen molar-refractivity contribution in [1.82, 2.24) is 9.97 Å². The van der Waals surface area contributed by atoms with Crippen LogP contribution in [0, 0.1) is 5.92 Å². The van der Waals surface area contributed by atoms with Crippen LogP contribution in [0.1, 0.15) is 32.3 Å². The highest BCUT2D eigenvalue weighted by atomic mass is 16.3. The maximum atomic E-state index is 9.61. The molecule has 0 amide bonds. The molecule has 100 valence electrons. The molecule has 1 aliphatic heterocycles. The van der Waals surface area contributed by atoms with Gasteiger partial charge in [-0.05, 0) is 32.1 Å². The molecule has 18 heavy (non-hydrogen) atoms. The first-order valence-electron chi connectivity index (χ1n) is 6.65. The molecule has 0 aromatic carbocycles. The predicted molar refractivity (Wildman–Crippen MR) is 72.4 cm³/mol. The number of aliphatic hydroxyl groups is 1. The van der Waals surface area contributed by atoms with Crippen LogP contribution in [0.3, 0.4) is 0 Å². The summed E-state index contributed by atoms with van der Waals surface area (Å²) in [6, 6.07) is 0. The van der Waals surface area contributed by atoms with E-state index in [1.54, 1.807) is 0 Å². The second-order valence-electron chi connectivity index (χ2n) is 4.98. The second kappa shape index (κ2) is 5.52. The summed E-state index contributed by atoms with van der Waals surface area (Å²) in [5, 5.41) is 9.61. The van der Waals surface area contributed by atoms with E-state index in [4.69, 9.17) is 5.73 Å². The number of hydrogen-bond donors (Lipinski definition) is 2. The van der Waals surface area contributed by atoms with Crippen molar-refractivity contribution in [2.75, 3.05) is 23.7 Å². The van der Waals surface area contributed by atoms with E-state index in [2.05, 4.69) is 21.8 Å². The number of nitrogens with two attached hydrogens (primary N) is 1. The second-order valence-corrected chi connectivity index (χ2v) is 4.98. The zero-order valence-corrected chi connectivity index (χ0v) is 11.1. The zero-order valence-electron chi connectivity index (χ0n) is 11.1. The molecular formula is C13H22N4O. The fraction of sp³-hybridized carbons (Fsp3) is 0.692. The largest absolute Gasteiger partial charge is 0.393 e. The first kappa shape index (κ1) is 13.1. The number of aliphatic hydroxyl groups excluding tert-OH is 1. The minimum atomic E-state index is -0.215. The Hall–Kier alpha value is -1.36. The third kappa shape index (κ3) is 2.56. The number of nitrogens with zero attached hydrogens (tertiary/aromatic N) is 3. The summed E-state index contributed by atoms with van der Waals surface area (Å²) in [4.78, 5) is 10.7. The lowest BCUT2D eigenvalue weighted by molar-refractivity contribution is 0.109. The predicted octanol–water partition coefficient (Wildman–Crippen LogP) is 1.22. The topological polar surface area (TPSA) is 75.3 Å².